The molecule has 7 heteroatoms. The second-order valence-electron chi connectivity index (χ2n) is 6.84. The maximum absolute atomic E-state index is 12.3. The molecular weight excluding hydrogens is 286 g/mol. The highest BCUT2D eigenvalue weighted by Crippen LogP contribution is 2.18. The lowest BCUT2D eigenvalue weighted by Gasteiger charge is -2.28. The van der Waals surface area contributed by atoms with Crippen LogP contribution in [0.1, 0.15) is 20.8 Å². The topological polar surface area (TPSA) is 62.3 Å². The predicted octanol–water partition coefficient (Wildman–Crippen LogP) is 0.396. The van der Waals surface area contributed by atoms with Crippen LogP contribution >= 0.6 is 0 Å². The minimum Gasteiger partial charge on any atom is -0.458 e. The van der Waals surface area contributed by atoms with Crippen molar-refractivity contribution in [2.75, 3.05) is 53.0 Å². The van der Waals surface area contributed by atoms with E-state index in [1.54, 1.807) is 11.9 Å². The van der Waals surface area contributed by atoms with Gasteiger partial charge >= 0.3 is 12.0 Å². The van der Waals surface area contributed by atoms with Crippen molar-refractivity contribution in [3.8, 4) is 0 Å². The monoisotopic (exact) mass is 313 g/mol. The van der Waals surface area contributed by atoms with Gasteiger partial charge in [0.15, 0.2) is 0 Å². The second-order valence-corrected chi connectivity index (χ2v) is 6.84. The van der Waals surface area contributed by atoms with Gasteiger partial charge in [0.2, 0.25) is 0 Å². The number of rotatable bonds is 4. The summed E-state index contributed by atoms with van der Waals surface area (Å²) in [7, 11) is 1.66. The summed E-state index contributed by atoms with van der Waals surface area (Å²) in [5.41, 5.74) is -0.539. The van der Waals surface area contributed by atoms with Gasteiger partial charge in [-0.1, -0.05) is 0 Å². The number of hydrogen-bond donors (Lipinski definition) is 0. The van der Waals surface area contributed by atoms with Gasteiger partial charge in [0, 0.05) is 33.2 Å². The van der Waals surface area contributed by atoms with Crippen molar-refractivity contribution >= 4 is 12.0 Å². The second kappa shape index (κ2) is 6.83. The van der Waals surface area contributed by atoms with Gasteiger partial charge in [-0.25, -0.2) is 9.59 Å². The van der Waals surface area contributed by atoms with Crippen LogP contribution in [0.2, 0.25) is 0 Å². The highest BCUT2D eigenvalue weighted by atomic mass is 16.6. The van der Waals surface area contributed by atoms with Gasteiger partial charge in [-0.15, -0.1) is 0 Å². The summed E-state index contributed by atoms with van der Waals surface area (Å²) in [6, 6.07) is -0.625. The molecule has 2 saturated heterocycles. The lowest BCUT2D eigenvalue weighted by molar-refractivity contribution is -0.159. The molecule has 7 nitrogen and oxygen atoms in total. The third-order valence-corrected chi connectivity index (χ3v) is 3.90. The van der Waals surface area contributed by atoms with Gasteiger partial charge < -0.3 is 19.3 Å². The Morgan fingerprint density at radius 2 is 1.91 bits per heavy atom. The molecule has 0 spiro atoms. The van der Waals surface area contributed by atoms with Crippen molar-refractivity contribution in [2.24, 2.45) is 0 Å². The van der Waals surface area contributed by atoms with Crippen LogP contribution in [0.15, 0.2) is 0 Å². The van der Waals surface area contributed by atoms with Gasteiger partial charge in [0.05, 0.1) is 19.8 Å². The van der Waals surface area contributed by atoms with E-state index < -0.39 is 11.6 Å². The summed E-state index contributed by atoms with van der Waals surface area (Å²) in [4.78, 5) is 29.9. The Labute approximate surface area is 132 Å². The van der Waals surface area contributed by atoms with Gasteiger partial charge in [0.1, 0.15) is 11.6 Å². The number of nitrogens with zero attached hydrogens (tertiary/aromatic N) is 3. The molecule has 0 aromatic rings. The molecule has 1 unspecified atom stereocenters. The van der Waals surface area contributed by atoms with E-state index in [4.69, 9.17) is 9.47 Å². The summed E-state index contributed by atoms with van der Waals surface area (Å²) < 4.78 is 10.7. The maximum atomic E-state index is 12.3. The SMILES string of the molecule is CN1C(=O)N(CCN2CCOCC2)CC1C(=O)OC(C)(C)C. The Kier molecular flexibility index (Phi) is 5.28. The van der Waals surface area contributed by atoms with Crippen LogP contribution in [0.25, 0.3) is 0 Å². The van der Waals surface area contributed by atoms with Crippen molar-refractivity contribution < 1.29 is 19.1 Å². The van der Waals surface area contributed by atoms with E-state index in [0.29, 0.717) is 13.1 Å². The van der Waals surface area contributed by atoms with Gasteiger partial charge in [0.25, 0.3) is 0 Å². The van der Waals surface area contributed by atoms with Crippen molar-refractivity contribution in [3.05, 3.63) is 0 Å². The van der Waals surface area contributed by atoms with E-state index in [2.05, 4.69) is 4.90 Å². The summed E-state index contributed by atoms with van der Waals surface area (Å²) in [5, 5.41) is 0. The third kappa shape index (κ3) is 4.33. The van der Waals surface area contributed by atoms with Crippen molar-refractivity contribution in [2.45, 2.75) is 32.4 Å². The number of carbonyl (C=O) groups excluding carboxylic acids is 2. The summed E-state index contributed by atoms with van der Waals surface area (Å²) in [6.45, 7) is 10.6. The van der Waals surface area contributed by atoms with Crippen LogP contribution in [0.4, 0.5) is 4.79 Å². The molecule has 22 heavy (non-hydrogen) atoms. The number of amides is 2. The zero-order valence-electron chi connectivity index (χ0n) is 14.0. The van der Waals surface area contributed by atoms with Gasteiger partial charge in [-0.3, -0.25) is 4.90 Å². The van der Waals surface area contributed by atoms with Crippen molar-refractivity contribution in [3.63, 3.8) is 0 Å². The minimum absolute atomic E-state index is 0.107. The molecule has 0 bridgehead atoms. The van der Waals surface area contributed by atoms with Crippen LogP contribution in [0.3, 0.4) is 0 Å². The Hall–Kier alpha value is -1.34. The lowest BCUT2D eigenvalue weighted by atomic mass is 10.2. The zero-order chi connectivity index (χ0) is 16.3. The Morgan fingerprint density at radius 1 is 1.27 bits per heavy atom. The lowest BCUT2D eigenvalue weighted by Crippen LogP contribution is -2.42. The van der Waals surface area contributed by atoms with Crippen LogP contribution in [0.5, 0.6) is 0 Å². The van der Waals surface area contributed by atoms with E-state index in [9.17, 15) is 9.59 Å². The largest absolute Gasteiger partial charge is 0.458 e. The first-order chi connectivity index (χ1) is 10.3. The average molecular weight is 313 g/mol. The molecule has 2 heterocycles. The number of esters is 1. The normalized spacial score (nSPS) is 24.0. The quantitative estimate of drug-likeness (QED) is 0.703. The third-order valence-electron chi connectivity index (χ3n) is 3.90. The van der Waals surface area contributed by atoms with Gasteiger partial charge in [-0.05, 0) is 20.8 Å². The first-order valence-electron chi connectivity index (χ1n) is 7.82. The van der Waals surface area contributed by atoms with E-state index in [1.807, 2.05) is 20.8 Å². The molecule has 0 aromatic carbocycles. The molecule has 2 rings (SSSR count). The number of carbonyl (C=O) groups is 2. The smallest absolute Gasteiger partial charge is 0.331 e. The Balaban J connectivity index is 1.86. The molecule has 0 N–H and O–H groups in total. The molecule has 126 valence electrons. The summed E-state index contributed by atoms with van der Waals surface area (Å²) in [6.07, 6.45) is 0. The molecule has 2 aliphatic rings. The van der Waals surface area contributed by atoms with Crippen molar-refractivity contribution in [1.29, 1.82) is 0 Å². The number of morpholine rings is 1. The number of ether oxygens (including phenoxy) is 2. The first kappa shape index (κ1) is 17.0. The molecule has 2 amide bonds. The van der Waals surface area contributed by atoms with E-state index >= 15 is 0 Å². The van der Waals surface area contributed by atoms with Crippen LogP contribution in [-0.4, -0.2) is 91.3 Å². The Morgan fingerprint density at radius 3 is 2.50 bits per heavy atom. The van der Waals surface area contributed by atoms with Crippen molar-refractivity contribution in [1.82, 2.24) is 14.7 Å². The predicted molar refractivity (Wildman–Crippen MR) is 81.6 cm³/mol. The minimum atomic E-state index is -0.539. The highest BCUT2D eigenvalue weighted by molar-refractivity contribution is 5.87. The number of hydrogen-bond acceptors (Lipinski definition) is 5. The molecule has 0 radical (unpaired) electrons. The summed E-state index contributed by atoms with van der Waals surface area (Å²) in [5.74, 6) is -0.336. The molecule has 1 atom stereocenters. The molecular formula is C15H27N3O4. The van der Waals surface area contributed by atoms with E-state index in [0.717, 1.165) is 32.8 Å². The van der Waals surface area contributed by atoms with Crippen LogP contribution < -0.4 is 0 Å². The van der Waals surface area contributed by atoms with E-state index in [1.165, 1.54) is 4.90 Å². The first-order valence-corrected chi connectivity index (χ1v) is 7.82. The fraction of sp³-hybridized carbons (Fsp3) is 0.867. The van der Waals surface area contributed by atoms with E-state index in [-0.39, 0.29) is 12.0 Å². The molecule has 2 aliphatic heterocycles. The number of urea groups is 1. The van der Waals surface area contributed by atoms with Crippen LogP contribution in [-0.2, 0) is 14.3 Å². The zero-order valence-corrected chi connectivity index (χ0v) is 14.0. The molecule has 2 fully saturated rings. The van der Waals surface area contributed by atoms with Gasteiger partial charge in [-0.2, -0.15) is 0 Å². The Bertz CT molecular complexity index is 416. The fourth-order valence-corrected chi connectivity index (χ4v) is 2.64. The molecule has 0 aromatic heterocycles. The molecule has 0 aliphatic carbocycles. The summed E-state index contributed by atoms with van der Waals surface area (Å²) >= 11 is 0. The number of likely N-dealkylation sites (N-methyl/N-ethyl adjacent to an activating group) is 1. The highest BCUT2D eigenvalue weighted by Gasteiger charge is 2.41. The maximum Gasteiger partial charge on any atom is 0.331 e. The standard InChI is InChI=1S/C15H27N3O4/c1-15(2,3)22-13(19)12-11-18(14(20)16(12)4)6-5-17-7-9-21-10-8-17/h12H,5-11H2,1-4H3. The fourth-order valence-electron chi connectivity index (χ4n) is 2.64. The van der Waals surface area contributed by atoms with Crippen LogP contribution in [0, 0.1) is 0 Å². The average Bonchev–Trinajstić information content (AvgIpc) is 2.72. The molecule has 0 saturated carbocycles.